The van der Waals surface area contributed by atoms with Crippen LogP contribution in [-0.2, 0) is 14.4 Å². The van der Waals surface area contributed by atoms with Gasteiger partial charge in [0, 0.05) is 13.0 Å². The molecule has 0 spiro atoms. The Labute approximate surface area is 187 Å². The van der Waals surface area contributed by atoms with E-state index in [-0.39, 0.29) is 36.5 Å². The lowest BCUT2D eigenvalue weighted by Crippen LogP contribution is -2.57. The summed E-state index contributed by atoms with van der Waals surface area (Å²) in [5.41, 5.74) is 5.56. The zero-order valence-electron chi connectivity index (χ0n) is 19.6. The molecule has 1 saturated heterocycles. The number of nitrogens with one attached hydrogen (secondary N) is 3. The largest absolute Gasteiger partial charge is 0.391 e. The van der Waals surface area contributed by atoms with E-state index in [9.17, 15) is 19.5 Å². The van der Waals surface area contributed by atoms with Crippen molar-refractivity contribution < 1.29 is 19.5 Å². The molecule has 1 aliphatic rings. The molecule has 0 bridgehead atoms. The molecule has 31 heavy (non-hydrogen) atoms. The first-order valence-electron chi connectivity index (χ1n) is 12.1. The van der Waals surface area contributed by atoms with Gasteiger partial charge in [-0.15, -0.1) is 0 Å². The maximum absolute atomic E-state index is 12.9. The molecule has 5 atom stereocenters. The minimum absolute atomic E-state index is 0.117. The Morgan fingerprint density at radius 1 is 1.06 bits per heavy atom. The Bertz CT molecular complexity index is 556. The van der Waals surface area contributed by atoms with Crippen LogP contribution < -0.4 is 21.7 Å². The third-order valence-corrected chi connectivity index (χ3v) is 6.18. The Morgan fingerprint density at radius 3 is 2.35 bits per heavy atom. The van der Waals surface area contributed by atoms with Crippen molar-refractivity contribution in [3.63, 3.8) is 0 Å². The second-order valence-electron chi connectivity index (χ2n) is 8.77. The van der Waals surface area contributed by atoms with Crippen molar-refractivity contribution in [3.05, 3.63) is 0 Å². The third kappa shape index (κ3) is 9.66. The molecule has 1 aliphatic heterocycles. The van der Waals surface area contributed by atoms with Crippen molar-refractivity contribution in [2.75, 3.05) is 19.6 Å². The Morgan fingerprint density at radius 2 is 1.74 bits per heavy atom. The molecule has 0 aromatic rings. The van der Waals surface area contributed by atoms with E-state index < -0.39 is 24.1 Å². The number of carbonyl (C=O) groups is 3. The van der Waals surface area contributed by atoms with Gasteiger partial charge in [-0.1, -0.05) is 52.4 Å². The third-order valence-electron chi connectivity index (χ3n) is 6.18. The normalized spacial score (nSPS) is 21.3. The van der Waals surface area contributed by atoms with E-state index in [1.165, 1.54) is 39.0 Å². The summed E-state index contributed by atoms with van der Waals surface area (Å²) >= 11 is 0. The number of unbranched alkanes of at least 4 members (excludes halogenated alkanes) is 5. The number of aliphatic hydroxyl groups is 1. The lowest BCUT2D eigenvalue weighted by molar-refractivity contribution is -0.135. The molecule has 0 aromatic carbocycles. The van der Waals surface area contributed by atoms with Crippen molar-refractivity contribution in [2.24, 2.45) is 17.6 Å². The Kier molecular flexibility index (Phi) is 13.6. The fourth-order valence-corrected chi connectivity index (χ4v) is 4.18. The molecule has 0 aromatic heterocycles. The summed E-state index contributed by atoms with van der Waals surface area (Å²) < 4.78 is 0. The summed E-state index contributed by atoms with van der Waals surface area (Å²) in [6, 6.07) is -1.80. The zero-order chi connectivity index (χ0) is 23.2. The van der Waals surface area contributed by atoms with E-state index in [1.807, 2.05) is 0 Å². The molecule has 2 amide bonds. The van der Waals surface area contributed by atoms with Gasteiger partial charge < -0.3 is 26.8 Å². The first kappa shape index (κ1) is 27.5. The van der Waals surface area contributed by atoms with E-state index >= 15 is 0 Å². The summed E-state index contributed by atoms with van der Waals surface area (Å²) in [6.45, 7) is 7.02. The number of Topliss-reactive ketones (excluding diaryl/α,β-unsaturated/α-hetero) is 1. The Balaban J connectivity index is 2.62. The van der Waals surface area contributed by atoms with Crippen LogP contribution >= 0.6 is 0 Å². The molecule has 180 valence electrons. The molecular weight excluding hydrogens is 396 g/mol. The monoisotopic (exact) mass is 440 g/mol. The molecule has 2 unspecified atom stereocenters. The van der Waals surface area contributed by atoms with Gasteiger partial charge in [0.05, 0.1) is 18.1 Å². The summed E-state index contributed by atoms with van der Waals surface area (Å²) in [4.78, 5) is 37.7. The van der Waals surface area contributed by atoms with Gasteiger partial charge in [-0.25, -0.2) is 0 Å². The number of nitrogens with two attached hydrogens (primary N) is 1. The predicted octanol–water partition coefficient (Wildman–Crippen LogP) is 1.25. The first-order chi connectivity index (χ1) is 14.8. The molecule has 1 heterocycles. The number of hydrogen-bond donors (Lipinski definition) is 5. The van der Waals surface area contributed by atoms with E-state index in [4.69, 9.17) is 5.73 Å². The molecule has 0 saturated carbocycles. The van der Waals surface area contributed by atoms with E-state index in [0.717, 1.165) is 19.4 Å². The summed E-state index contributed by atoms with van der Waals surface area (Å²) in [6.07, 6.45) is 7.78. The topological polar surface area (TPSA) is 134 Å². The van der Waals surface area contributed by atoms with Gasteiger partial charge in [-0.2, -0.15) is 0 Å². The van der Waals surface area contributed by atoms with Crippen molar-refractivity contribution >= 4 is 17.6 Å². The van der Waals surface area contributed by atoms with Crippen LogP contribution in [0, 0.1) is 11.8 Å². The average Bonchev–Trinajstić information content (AvgIpc) is 3.21. The first-order valence-corrected chi connectivity index (χ1v) is 12.1. The van der Waals surface area contributed by atoms with Gasteiger partial charge in [0.2, 0.25) is 11.8 Å². The number of carbonyl (C=O) groups excluding carboxylic acids is 3. The number of rotatable bonds is 16. The Hall–Kier alpha value is -1.51. The molecule has 1 fully saturated rings. The highest BCUT2D eigenvalue weighted by molar-refractivity contribution is 5.93. The van der Waals surface area contributed by atoms with Gasteiger partial charge in [0.15, 0.2) is 5.78 Å². The predicted molar refractivity (Wildman–Crippen MR) is 122 cm³/mol. The molecule has 1 rings (SSSR count). The SMILES string of the molecule is CCCCCCCC[C@@H]1CNCC1C(=O)N[C@H](C(=O)N[C@@H](CCN)C(=O)CC)C(C)O. The number of aliphatic hydroxyl groups excluding tert-OH is 1. The van der Waals surface area contributed by atoms with Crippen LogP contribution in [0.15, 0.2) is 0 Å². The quantitative estimate of drug-likeness (QED) is 0.229. The maximum Gasteiger partial charge on any atom is 0.245 e. The van der Waals surface area contributed by atoms with Crippen LogP contribution in [0.2, 0.25) is 0 Å². The van der Waals surface area contributed by atoms with E-state index in [2.05, 4.69) is 22.9 Å². The van der Waals surface area contributed by atoms with Gasteiger partial charge in [-0.05, 0) is 38.8 Å². The van der Waals surface area contributed by atoms with Crippen LogP contribution in [0.1, 0.15) is 78.6 Å². The maximum atomic E-state index is 12.9. The smallest absolute Gasteiger partial charge is 0.245 e. The number of amides is 2. The van der Waals surface area contributed by atoms with E-state index in [0.29, 0.717) is 13.0 Å². The number of ketones is 1. The van der Waals surface area contributed by atoms with Crippen LogP contribution in [0.3, 0.4) is 0 Å². The van der Waals surface area contributed by atoms with Crippen LogP contribution in [0.5, 0.6) is 0 Å². The van der Waals surface area contributed by atoms with Crippen LogP contribution in [0.4, 0.5) is 0 Å². The number of hydrogen-bond acceptors (Lipinski definition) is 6. The van der Waals surface area contributed by atoms with Gasteiger partial charge in [-0.3, -0.25) is 14.4 Å². The van der Waals surface area contributed by atoms with Crippen molar-refractivity contribution in [1.29, 1.82) is 0 Å². The fourth-order valence-electron chi connectivity index (χ4n) is 4.18. The molecular formula is C23H44N4O4. The minimum Gasteiger partial charge on any atom is -0.391 e. The summed E-state index contributed by atoms with van der Waals surface area (Å²) in [5.74, 6) is -0.882. The molecule has 6 N–H and O–H groups in total. The molecule has 8 nitrogen and oxygen atoms in total. The second kappa shape index (κ2) is 15.3. The lowest BCUT2D eigenvalue weighted by atomic mass is 9.89. The molecule has 8 heteroatoms. The van der Waals surface area contributed by atoms with Crippen molar-refractivity contribution in [2.45, 2.75) is 96.7 Å². The highest BCUT2D eigenvalue weighted by atomic mass is 16.3. The lowest BCUT2D eigenvalue weighted by Gasteiger charge is -2.26. The average molecular weight is 441 g/mol. The summed E-state index contributed by atoms with van der Waals surface area (Å²) in [7, 11) is 0. The fraction of sp³-hybridized carbons (Fsp3) is 0.870. The molecule has 0 aliphatic carbocycles. The van der Waals surface area contributed by atoms with Crippen molar-refractivity contribution in [1.82, 2.24) is 16.0 Å². The zero-order valence-corrected chi connectivity index (χ0v) is 19.6. The standard InChI is InChI=1S/C23H44N4O4/c1-4-6-7-8-9-10-11-17-14-25-15-18(17)22(30)27-21(16(3)28)23(31)26-19(12-13-24)20(29)5-2/h16-19,21,25,28H,4-15,24H2,1-3H3,(H,26,31)(H,27,30)/t16?,17-,18?,19+,21+/m1/s1. The second-order valence-corrected chi connectivity index (χ2v) is 8.77. The van der Waals surface area contributed by atoms with Gasteiger partial charge in [0.1, 0.15) is 6.04 Å². The van der Waals surface area contributed by atoms with E-state index in [1.54, 1.807) is 6.92 Å². The molecule has 0 radical (unpaired) electrons. The highest BCUT2D eigenvalue weighted by Crippen LogP contribution is 2.24. The highest BCUT2D eigenvalue weighted by Gasteiger charge is 2.36. The van der Waals surface area contributed by atoms with Crippen molar-refractivity contribution in [3.8, 4) is 0 Å². The summed E-state index contributed by atoms with van der Waals surface area (Å²) in [5, 5.41) is 18.8. The van der Waals surface area contributed by atoms with Gasteiger partial charge >= 0.3 is 0 Å². The van der Waals surface area contributed by atoms with Crippen LogP contribution in [-0.4, -0.2) is 60.5 Å². The van der Waals surface area contributed by atoms with Gasteiger partial charge in [0.25, 0.3) is 0 Å². The minimum atomic E-state index is -1.10. The van der Waals surface area contributed by atoms with Crippen LogP contribution in [0.25, 0.3) is 0 Å².